The summed E-state index contributed by atoms with van der Waals surface area (Å²) in [5, 5.41) is 3.38. The van der Waals surface area contributed by atoms with Gasteiger partial charge >= 0.3 is 6.61 Å². The van der Waals surface area contributed by atoms with Crippen molar-refractivity contribution >= 4 is 5.69 Å². The maximum Gasteiger partial charge on any atom is 0.387 e. The number of alkyl halides is 2. The Balaban J connectivity index is 1.71. The van der Waals surface area contributed by atoms with Crippen LogP contribution in [-0.4, -0.2) is 19.8 Å². The molecule has 5 heteroatoms. The summed E-state index contributed by atoms with van der Waals surface area (Å²) in [7, 11) is 1.43. The normalized spacial score (nSPS) is 27.1. The number of halogens is 2. The van der Waals surface area contributed by atoms with Gasteiger partial charge in [0.1, 0.15) is 0 Å². The summed E-state index contributed by atoms with van der Waals surface area (Å²) in [6.45, 7) is -2.86. The first-order valence-electron chi connectivity index (χ1n) is 6.73. The average molecular weight is 281 g/mol. The van der Waals surface area contributed by atoms with Crippen LogP contribution >= 0.6 is 0 Å². The van der Waals surface area contributed by atoms with Crippen LogP contribution in [0.4, 0.5) is 14.5 Å². The summed E-state index contributed by atoms with van der Waals surface area (Å²) in [6, 6.07) is 5.41. The van der Waals surface area contributed by atoms with Crippen molar-refractivity contribution < 1.29 is 18.3 Å². The molecular formula is C15H17F2NO2. The van der Waals surface area contributed by atoms with E-state index in [9.17, 15) is 8.78 Å². The van der Waals surface area contributed by atoms with Gasteiger partial charge in [-0.25, -0.2) is 0 Å². The van der Waals surface area contributed by atoms with E-state index in [1.807, 2.05) is 6.07 Å². The number of nitrogens with one attached hydrogen (secondary N) is 1. The standard InChI is InChI=1S/C15H17F2NO2/c1-19-13-6-5-10(8-14(13)20-15(16)17)18-12-7-9-3-2-4-11(9)12/h2,4-6,8-9,11-12,15,18H,3,7H2,1H3. The fourth-order valence-corrected chi connectivity index (χ4v) is 3.05. The van der Waals surface area contributed by atoms with Crippen molar-refractivity contribution in [1.82, 2.24) is 0 Å². The molecule has 0 amide bonds. The lowest BCUT2D eigenvalue weighted by Gasteiger charge is -2.41. The van der Waals surface area contributed by atoms with Gasteiger partial charge in [-0.15, -0.1) is 0 Å². The van der Waals surface area contributed by atoms with E-state index in [0.717, 1.165) is 24.4 Å². The average Bonchev–Trinajstić information content (AvgIpc) is 2.77. The van der Waals surface area contributed by atoms with Crippen molar-refractivity contribution in [3.63, 3.8) is 0 Å². The lowest BCUT2D eigenvalue weighted by molar-refractivity contribution is -0.0511. The molecule has 1 N–H and O–H groups in total. The third-order valence-electron chi connectivity index (χ3n) is 4.09. The second kappa shape index (κ2) is 5.31. The van der Waals surface area contributed by atoms with Crippen LogP contribution in [0.1, 0.15) is 12.8 Å². The Hall–Kier alpha value is -1.78. The highest BCUT2D eigenvalue weighted by Gasteiger charge is 2.40. The topological polar surface area (TPSA) is 30.5 Å². The monoisotopic (exact) mass is 281 g/mol. The van der Waals surface area contributed by atoms with Crippen LogP contribution in [-0.2, 0) is 0 Å². The van der Waals surface area contributed by atoms with Gasteiger partial charge in [-0.3, -0.25) is 0 Å². The molecule has 108 valence electrons. The Morgan fingerprint density at radius 2 is 2.15 bits per heavy atom. The molecule has 1 aromatic carbocycles. The molecule has 1 fully saturated rings. The van der Waals surface area contributed by atoms with E-state index in [0.29, 0.717) is 17.7 Å². The molecule has 3 atom stereocenters. The molecule has 3 nitrogen and oxygen atoms in total. The van der Waals surface area contributed by atoms with Crippen molar-refractivity contribution in [1.29, 1.82) is 0 Å². The third-order valence-corrected chi connectivity index (χ3v) is 4.09. The molecule has 2 aliphatic rings. The van der Waals surface area contributed by atoms with Crippen LogP contribution in [0, 0.1) is 11.8 Å². The molecule has 0 saturated heterocycles. The van der Waals surface area contributed by atoms with Crippen molar-refractivity contribution in [2.24, 2.45) is 11.8 Å². The van der Waals surface area contributed by atoms with Gasteiger partial charge < -0.3 is 14.8 Å². The first-order valence-corrected chi connectivity index (χ1v) is 6.73. The van der Waals surface area contributed by atoms with Gasteiger partial charge in [-0.2, -0.15) is 8.78 Å². The molecule has 3 unspecified atom stereocenters. The summed E-state index contributed by atoms with van der Waals surface area (Å²) in [6.07, 6.45) is 6.74. The van der Waals surface area contributed by atoms with Crippen LogP contribution < -0.4 is 14.8 Å². The van der Waals surface area contributed by atoms with Gasteiger partial charge in [-0.1, -0.05) is 12.2 Å². The lowest BCUT2D eigenvalue weighted by atomic mass is 9.71. The molecule has 2 aliphatic carbocycles. The fraction of sp³-hybridized carbons (Fsp3) is 0.467. The van der Waals surface area contributed by atoms with Crippen molar-refractivity contribution in [2.75, 3.05) is 12.4 Å². The van der Waals surface area contributed by atoms with Crippen LogP contribution in [0.25, 0.3) is 0 Å². The number of hydrogen-bond donors (Lipinski definition) is 1. The third kappa shape index (κ3) is 2.44. The minimum absolute atomic E-state index is 0.0605. The second-order valence-electron chi connectivity index (χ2n) is 5.23. The number of ether oxygens (including phenoxy) is 2. The Bertz CT molecular complexity index is 519. The largest absolute Gasteiger partial charge is 0.493 e. The quantitative estimate of drug-likeness (QED) is 0.835. The summed E-state index contributed by atoms with van der Waals surface area (Å²) in [5.41, 5.74) is 0.783. The number of anilines is 1. The molecule has 1 aromatic rings. The van der Waals surface area contributed by atoms with E-state index in [2.05, 4.69) is 22.2 Å². The number of methoxy groups -OCH3 is 1. The first-order chi connectivity index (χ1) is 9.67. The molecule has 0 aliphatic heterocycles. The highest BCUT2D eigenvalue weighted by molar-refractivity contribution is 5.55. The number of hydrogen-bond acceptors (Lipinski definition) is 3. The second-order valence-corrected chi connectivity index (χ2v) is 5.23. The van der Waals surface area contributed by atoms with Crippen LogP contribution in [0.3, 0.4) is 0 Å². The maximum atomic E-state index is 12.4. The van der Waals surface area contributed by atoms with Crippen LogP contribution in [0.15, 0.2) is 30.4 Å². The smallest absolute Gasteiger partial charge is 0.387 e. The van der Waals surface area contributed by atoms with E-state index >= 15 is 0 Å². The van der Waals surface area contributed by atoms with E-state index in [-0.39, 0.29) is 5.75 Å². The molecule has 0 bridgehead atoms. The SMILES string of the molecule is COc1ccc(NC2CC3CC=CC32)cc1OC(F)F. The molecule has 3 rings (SSSR count). The lowest BCUT2D eigenvalue weighted by Crippen LogP contribution is -2.43. The zero-order valence-electron chi connectivity index (χ0n) is 11.2. The van der Waals surface area contributed by atoms with Crippen LogP contribution in [0.5, 0.6) is 11.5 Å². The van der Waals surface area contributed by atoms with Crippen molar-refractivity contribution in [2.45, 2.75) is 25.5 Å². The summed E-state index contributed by atoms with van der Waals surface area (Å²) in [5.74, 6) is 1.69. The Labute approximate surface area is 116 Å². The summed E-state index contributed by atoms with van der Waals surface area (Å²) in [4.78, 5) is 0. The van der Waals surface area contributed by atoms with E-state index < -0.39 is 6.61 Å². The van der Waals surface area contributed by atoms with Gasteiger partial charge in [0.2, 0.25) is 0 Å². The molecule has 0 spiro atoms. The van der Waals surface area contributed by atoms with E-state index in [1.165, 1.54) is 7.11 Å². The number of allylic oxidation sites excluding steroid dienone is 1. The first kappa shape index (κ1) is 13.2. The fourth-order valence-electron chi connectivity index (χ4n) is 3.05. The Morgan fingerprint density at radius 3 is 2.85 bits per heavy atom. The maximum absolute atomic E-state index is 12.4. The van der Waals surface area contributed by atoms with Gasteiger partial charge in [-0.05, 0) is 30.9 Å². The predicted molar refractivity (Wildman–Crippen MR) is 72.4 cm³/mol. The number of benzene rings is 1. The number of fused-ring (bicyclic) bond motifs is 1. The molecular weight excluding hydrogens is 264 g/mol. The molecule has 0 heterocycles. The minimum Gasteiger partial charge on any atom is -0.493 e. The Morgan fingerprint density at radius 1 is 1.30 bits per heavy atom. The molecule has 20 heavy (non-hydrogen) atoms. The van der Waals surface area contributed by atoms with Crippen molar-refractivity contribution in [3.8, 4) is 11.5 Å². The minimum atomic E-state index is -2.86. The van der Waals surface area contributed by atoms with E-state index in [1.54, 1.807) is 12.1 Å². The zero-order chi connectivity index (χ0) is 14.1. The summed E-state index contributed by atoms with van der Waals surface area (Å²) >= 11 is 0. The van der Waals surface area contributed by atoms with Crippen molar-refractivity contribution in [3.05, 3.63) is 30.4 Å². The highest BCUT2D eigenvalue weighted by atomic mass is 19.3. The molecule has 1 saturated carbocycles. The zero-order valence-corrected chi connectivity index (χ0v) is 11.2. The van der Waals surface area contributed by atoms with Gasteiger partial charge in [0.25, 0.3) is 0 Å². The Kier molecular flexibility index (Phi) is 3.51. The highest BCUT2D eigenvalue weighted by Crippen LogP contribution is 2.44. The van der Waals surface area contributed by atoms with E-state index in [4.69, 9.17) is 4.74 Å². The summed E-state index contributed by atoms with van der Waals surface area (Å²) < 4.78 is 34.3. The van der Waals surface area contributed by atoms with Gasteiger partial charge in [0.15, 0.2) is 11.5 Å². The van der Waals surface area contributed by atoms with Gasteiger partial charge in [0, 0.05) is 23.7 Å². The molecule has 0 radical (unpaired) electrons. The van der Waals surface area contributed by atoms with Gasteiger partial charge in [0.05, 0.1) is 7.11 Å². The predicted octanol–water partition coefficient (Wildman–Crippen LogP) is 3.67. The number of rotatable bonds is 5. The van der Waals surface area contributed by atoms with Crippen LogP contribution in [0.2, 0.25) is 0 Å². The molecule has 0 aromatic heterocycles.